The first-order chi connectivity index (χ1) is 7.32. The van der Waals surface area contributed by atoms with Crippen LogP contribution in [0.4, 0.5) is 0 Å². The third kappa shape index (κ3) is 4.78. The lowest BCUT2D eigenvalue weighted by Gasteiger charge is -2.20. The number of nitrogens with zero attached hydrogens (tertiary/aromatic N) is 3. The fourth-order valence-corrected chi connectivity index (χ4v) is 1.18. The minimum Gasteiger partial charge on any atom is -0.317 e. The van der Waals surface area contributed by atoms with Crippen molar-refractivity contribution in [3.8, 4) is 18.4 Å². The van der Waals surface area contributed by atoms with Gasteiger partial charge in [-0.25, -0.2) is 8.42 Å². The van der Waals surface area contributed by atoms with E-state index in [-0.39, 0.29) is 19.6 Å². The van der Waals surface area contributed by atoms with Crippen molar-refractivity contribution < 1.29 is 13.2 Å². The van der Waals surface area contributed by atoms with Crippen molar-refractivity contribution in [2.75, 3.05) is 32.9 Å². The highest BCUT2D eigenvalue weighted by Gasteiger charge is 2.19. The quantitative estimate of drug-likeness (QED) is 0.451. The molecule has 0 aromatic carbocycles. The first-order valence-electron chi connectivity index (χ1n) is 4.32. The molecule has 0 bridgehead atoms. The van der Waals surface area contributed by atoms with Crippen molar-refractivity contribution in [2.45, 2.75) is 0 Å². The molecular weight excluding hydrogens is 230 g/mol. The monoisotopic (exact) mass is 243 g/mol. The van der Waals surface area contributed by atoms with E-state index in [1.54, 1.807) is 6.07 Å². The Morgan fingerprint density at radius 2 is 2.00 bits per heavy atom. The van der Waals surface area contributed by atoms with Crippen LogP contribution in [0.25, 0.3) is 0 Å². The van der Waals surface area contributed by atoms with Crippen LogP contribution in [0.5, 0.6) is 0 Å². The molecule has 7 heteroatoms. The summed E-state index contributed by atoms with van der Waals surface area (Å²) in [6.45, 7) is -0.479. The molecule has 0 heterocycles. The second-order valence-electron chi connectivity index (χ2n) is 3.13. The van der Waals surface area contributed by atoms with Crippen molar-refractivity contribution in [1.82, 2.24) is 9.21 Å². The zero-order chi connectivity index (χ0) is 12.8. The van der Waals surface area contributed by atoms with Gasteiger partial charge in [-0.2, -0.15) is 9.57 Å². The molecule has 0 spiro atoms. The van der Waals surface area contributed by atoms with Gasteiger partial charge in [-0.1, -0.05) is 5.92 Å². The molecule has 0 rings (SSSR count). The second kappa shape index (κ2) is 6.11. The van der Waals surface area contributed by atoms with Crippen LogP contribution in [0.3, 0.4) is 0 Å². The first-order valence-corrected chi connectivity index (χ1v) is 6.17. The number of amides is 1. The first kappa shape index (κ1) is 14.4. The van der Waals surface area contributed by atoms with Gasteiger partial charge in [0.25, 0.3) is 0 Å². The normalized spacial score (nSPS) is 10.6. The largest absolute Gasteiger partial charge is 0.317 e. The molecule has 0 saturated carbocycles. The molecule has 0 radical (unpaired) electrons. The topological polar surface area (TPSA) is 81.5 Å². The Bertz CT molecular complexity index is 414. The van der Waals surface area contributed by atoms with Gasteiger partial charge in [0.15, 0.2) is 0 Å². The van der Waals surface area contributed by atoms with E-state index >= 15 is 0 Å². The van der Waals surface area contributed by atoms with Gasteiger partial charge < -0.3 is 4.90 Å². The number of rotatable bonds is 5. The summed E-state index contributed by atoms with van der Waals surface area (Å²) >= 11 is 0. The van der Waals surface area contributed by atoms with Gasteiger partial charge in [0.05, 0.1) is 25.4 Å². The molecule has 0 saturated heterocycles. The third-order valence-electron chi connectivity index (χ3n) is 1.82. The second-order valence-corrected chi connectivity index (χ2v) is 5.22. The van der Waals surface area contributed by atoms with Crippen molar-refractivity contribution >= 4 is 15.9 Å². The minimum atomic E-state index is -3.41. The summed E-state index contributed by atoms with van der Waals surface area (Å²) in [5, 5.41) is 8.46. The minimum absolute atomic E-state index is 0.00993. The third-order valence-corrected chi connectivity index (χ3v) is 3.08. The number of hydrogen-bond donors (Lipinski definition) is 0. The van der Waals surface area contributed by atoms with Gasteiger partial charge in [0.2, 0.25) is 15.9 Å². The van der Waals surface area contributed by atoms with Crippen molar-refractivity contribution in [2.24, 2.45) is 0 Å². The van der Waals surface area contributed by atoms with Crippen LogP contribution < -0.4 is 0 Å². The van der Waals surface area contributed by atoms with E-state index in [0.29, 0.717) is 0 Å². The summed E-state index contributed by atoms with van der Waals surface area (Å²) in [6, 6.07) is 1.79. The maximum atomic E-state index is 11.6. The molecule has 1 amide bonds. The standard InChI is InChI=1S/C9H13N3O3S/c1-4-6-12(7-5-10)9(13)8-11(2)16(3,14)15/h1H,6-8H2,2-3H3. The summed E-state index contributed by atoms with van der Waals surface area (Å²) in [7, 11) is -2.12. The lowest BCUT2D eigenvalue weighted by Crippen LogP contribution is -2.41. The van der Waals surface area contributed by atoms with Gasteiger partial charge in [0.1, 0.15) is 6.54 Å². The summed E-state index contributed by atoms with van der Waals surface area (Å²) in [4.78, 5) is 12.7. The zero-order valence-corrected chi connectivity index (χ0v) is 9.99. The number of nitriles is 1. The molecule has 0 unspecified atom stereocenters. The predicted octanol–water partition coefficient (Wildman–Crippen LogP) is -1.14. The molecule has 0 aliphatic heterocycles. The van der Waals surface area contributed by atoms with Crippen LogP contribution in [0.15, 0.2) is 0 Å². The maximum Gasteiger partial charge on any atom is 0.239 e. The molecule has 0 aliphatic rings. The van der Waals surface area contributed by atoms with Crippen LogP contribution >= 0.6 is 0 Å². The average molecular weight is 243 g/mol. The molecule has 0 aromatic heterocycles. The van der Waals surface area contributed by atoms with Crippen LogP contribution in [0.1, 0.15) is 0 Å². The van der Waals surface area contributed by atoms with E-state index in [9.17, 15) is 13.2 Å². The fraction of sp³-hybridized carbons (Fsp3) is 0.556. The van der Waals surface area contributed by atoms with E-state index in [0.717, 1.165) is 15.5 Å². The summed E-state index contributed by atoms with van der Waals surface area (Å²) in [5.74, 6) is 1.74. The highest BCUT2D eigenvalue weighted by atomic mass is 32.2. The Hall–Kier alpha value is -1.57. The van der Waals surface area contributed by atoms with E-state index in [2.05, 4.69) is 5.92 Å². The lowest BCUT2D eigenvalue weighted by molar-refractivity contribution is -0.130. The van der Waals surface area contributed by atoms with Crippen LogP contribution in [-0.4, -0.2) is 56.5 Å². The Morgan fingerprint density at radius 3 is 2.38 bits per heavy atom. The highest BCUT2D eigenvalue weighted by Crippen LogP contribution is 1.96. The maximum absolute atomic E-state index is 11.6. The number of terminal acetylenes is 1. The molecule has 0 fully saturated rings. The molecule has 0 aromatic rings. The van der Waals surface area contributed by atoms with Crippen LogP contribution in [0.2, 0.25) is 0 Å². The van der Waals surface area contributed by atoms with Crippen LogP contribution in [-0.2, 0) is 14.8 Å². The summed E-state index contributed by atoms with van der Waals surface area (Å²) in [5.41, 5.74) is 0. The summed E-state index contributed by atoms with van der Waals surface area (Å²) < 4.78 is 23.0. The van der Waals surface area contributed by atoms with Crippen molar-refractivity contribution in [3.05, 3.63) is 0 Å². The SMILES string of the molecule is C#CCN(CC#N)C(=O)CN(C)S(C)(=O)=O. The number of carbonyl (C=O) groups excluding carboxylic acids is 1. The lowest BCUT2D eigenvalue weighted by atomic mass is 10.4. The van der Waals surface area contributed by atoms with Crippen molar-refractivity contribution in [1.29, 1.82) is 5.26 Å². The molecule has 6 nitrogen and oxygen atoms in total. The molecule has 0 N–H and O–H groups in total. The number of likely N-dealkylation sites (N-methyl/N-ethyl adjacent to an activating group) is 1. The fourth-order valence-electron chi connectivity index (χ4n) is 0.836. The van der Waals surface area contributed by atoms with Crippen molar-refractivity contribution in [3.63, 3.8) is 0 Å². The summed E-state index contributed by atoms with van der Waals surface area (Å²) in [6.07, 6.45) is 6.03. The highest BCUT2D eigenvalue weighted by molar-refractivity contribution is 7.88. The zero-order valence-electron chi connectivity index (χ0n) is 9.17. The molecule has 0 aliphatic carbocycles. The van der Waals surface area contributed by atoms with Gasteiger partial charge in [0, 0.05) is 7.05 Å². The number of hydrogen-bond acceptors (Lipinski definition) is 4. The van der Waals surface area contributed by atoms with E-state index in [1.807, 2.05) is 0 Å². The van der Waals surface area contributed by atoms with Gasteiger partial charge >= 0.3 is 0 Å². The molecule has 0 atom stereocenters. The Labute approximate surface area is 95.5 Å². The molecule has 88 valence electrons. The average Bonchev–Trinajstić information content (AvgIpc) is 2.15. The van der Waals surface area contributed by atoms with Gasteiger partial charge in [-0.3, -0.25) is 4.79 Å². The van der Waals surface area contributed by atoms with E-state index < -0.39 is 15.9 Å². The van der Waals surface area contributed by atoms with Gasteiger partial charge in [-0.05, 0) is 0 Å². The molecular formula is C9H13N3O3S. The predicted molar refractivity (Wildman–Crippen MR) is 58.5 cm³/mol. The number of carbonyl (C=O) groups is 1. The van der Waals surface area contributed by atoms with E-state index in [4.69, 9.17) is 11.7 Å². The van der Waals surface area contributed by atoms with Crippen LogP contribution in [0, 0.1) is 23.7 Å². The smallest absolute Gasteiger partial charge is 0.239 e. The number of sulfonamides is 1. The Kier molecular flexibility index (Phi) is 5.51. The molecule has 16 heavy (non-hydrogen) atoms. The van der Waals surface area contributed by atoms with Gasteiger partial charge in [-0.15, -0.1) is 6.42 Å². The van der Waals surface area contributed by atoms with E-state index in [1.165, 1.54) is 7.05 Å². The Morgan fingerprint density at radius 1 is 1.44 bits per heavy atom. The Balaban J connectivity index is 4.56.